The number of anilines is 1. The molecule has 0 aromatic heterocycles. The van der Waals surface area contributed by atoms with Crippen molar-refractivity contribution in [2.75, 3.05) is 18.6 Å². The molecule has 1 fully saturated rings. The Kier molecular flexibility index (Phi) is 2.90. The number of piperidine rings is 1. The van der Waals surface area contributed by atoms with Gasteiger partial charge in [-0.3, -0.25) is 5.41 Å². The SMILES string of the molecule is COc1ccccc1N1CCCCC1=N. The average molecular weight is 204 g/mol. The molecule has 1 N–H and O–H groups in total. The summed E-state index contributed by atoms with van der Waals surface area (Å²) in [6.07, 6.45) is 3.16. The van der Waals surface area contributed by atoms with Gasteiger partial charge in [-0.2, -0.15) is 0 Å². The van der Waals surface area contributed by atoms with E-state index in [0.717, 1.165) is 37.2 Å². The fourth-order valence-electron chi connectivity index (χ4n) is 1.95. The monoisotopic (exact) mass is 204 g/mol. The predicted molar refractivity (Wildman–Crippen MR) is 61.9 cm³/mol. The van der Waals surface area contributed by atoms with Crippen LogP contribution in [0.2, 0.25) is 0 Å². The number of amidine groups is 1. The molecule has 0 spiro atoms. The van der Waals surface area contributed by atoms with Crippen molar-refractivity contribution in [1.82, 2.24) is 0 Å². The topological polar surface area (TPSA) is 36.3 Å². The Bertz CT molecular complexity index is 362. The Morgan fingerprint density at radius 2 is 2.07 bits per heavy atom. The van der Waals surface area contributed by atoms with E-state index in [4.69, 9.17) is 10.1 Å². The smallest absolute Gasteiger partial charge is 0.142 e. The summed E-state index contributed by atoms with van der Waals surface area (Å²) in [6, 6.07) is 7.89. The van der Waals surface area contributed by atoms with E-state index < -0.39 is 0 Å². The maximum Gasteiger partial charge on any atom is 0.142 e. The molecule has 2 rings (SSSR count). The first-order valence-electron chi connectivity index (χ1n) is 5.31. The van der Waals surface area contributed by atoms with Gasteiger partial charge in [0.2, 0.25) is 0 Å². The molecule has 0 atom stereocenters. The molecule has 3 heteroatoms. The number of nitrogens with zero attached hydrogens (tertiary/aromatic N) is 1. The van der Waals surface area contributed by atoms with Gasteiger partial charge in [-0.1, -0.05) is 12.1 Å². The van der Waals surface area contributed by atoms with E-state index >= 15 is 0 Å². The Morgan fingerprint density at radius 1 is 1.27 bits per heavy atom. The molecule has 0 radical (unpaired) electrons. The highest BCUT2D eigenvalue weighted by Crippen LogP contribution is 2.30. The fraction of sp³-hybridized carbons (Fsp3) is 0.417. The Morgan fingerprint density at radius 3 is 2.80 bits per heavy atom. The molecule has 15 heavy (non-hydrogen) atoms. The normalized spacial score (nSPS) is 16.6. The van der Waals surface area contributed by atoms with Gasteiger partial charge in [-0.05, 0) is 25.0 Å². The lowest BCUT2D eigenvalue weighted by Crippen LogP contribution is -2.34. The van der Waals surface area contributed by atoms with Crippen LogP contribution in [0.5, 0.6) is 5.75 Å². The van der Waals surface area contributed by atoms with Crippen molar-refractivity contribution >= 4 is 11.5 Å². The molecule has 3 nitrogen and oxygen atoms in total. The summed E-state index contributed by atoms with van der Waals surface area (Å²) in [4.78, 5) is 2.04. The number of para-hydroxylation sites is 2. The van der Waals surface area contributed by atoms with Crippen LogP contribution < -0.4 is 9.64 Å². The van der Waals surface area contributed by atoms with E-state index in [0.29, 0.717) is 5.84 Å². The third-order valence-corrected chi connectivity index (χ3v) is 2.75. The van der Waals surface area contributed by atoms with Gasteiger partial charge in [-0.25, -0.2) is 0 Å². The maximum atomic E-state index is 7.93. The van der Waals surface area contributed by atoms with Crippen molar-refractivity contribution < 1.29 is 4.74 Å². The van der Waals surface area contributed by atoms with Crippen LogP contribution in [-0.2, 0) is 0 Å². The minimum atomic E-state index is 0.700. The Labute approximate surface area is 90.2 Å². The lowest BCUT2D eigenvalue weighted by Gasteiger charge is -2.30. The summed E-state index contributed by atoms with van der Waals surface area (Å²) in [6.45, 7) is 0.930. The summed E-state index contributed by atoms with van der Waals surface area (Å²) in [5.74, 6) is 1.55. The standard InChI is InChI=1S/C12H16N2O/c1-15-11-7-3-2-6-10(11)14-9-5-4-8-12(14)13/h2-3,6-7,13H,4-5,8-9H2,1H3. The molecule has 0 amide bonds. The van der Waals surface area contributed by atoms with Gasteiger partial charge in [0.25, 0.3) is 0 Å². The number of methoxy groups -OCH3 is 1. The molecular formula is C12H16N2O. The first kappa shape index (κ1) is 10.0. The van der Waals surface area contributed by atoms with E-state index in [1.807, 2.05) is 29.2 Å². The highest BCUT2D eigenvalue weighted by atomic mass is 16.5. The number of hydrogen-bond donors (Lipinski definition) is 1. The lowest BCUT2D eigenvalue weighted by molar-refractivity contribution is 0.415. The second-order valence-electron chi connectivity index (χ2n) is 3.73. The summed E-state index contributed by atoms with van der Waals surface area (Å²) in [5.41, 5.74) is 1.02. The fourth-order valence-corrected chi connectivity index (χ4v) is 1.95. The molecule has 80 valence electrons. The van der Waals surface area contributed by atoms with Gasteiger partial charge in [0.15, 0.2) is 0 Å². The van der Waals surface area contributed by atoms with Gasteiger partial charge in [-0.15, -0.1) is 0 Å². The van der Waals surface area contributed by atoms with Crippen molar-refractivity contribution in [3.63, 3.8) is 0 Å². The zero-order chi connectivity index (χ0) is 10.7. The van der Waals surface area contributed by atoms with Crippen molar-refractivity contribution in [1.29, 1.82) is 5.41 Å². The minimum absolute atomic E-state index is 0.700. The molecule has 0 aliphatic carbocycles. The zero-order valence-electron chi connectivity index (χ0n) is 8.99. The summed E-state index contributed by atoms with van der Waals surface area (Å²) in [5, 5.41) is 7.93. The number of ether oxygens (including phenoxy) is 1. The quantitative estimate of drug-likeness (QED) is 0.804. The maximum absolute atomic E-state index is 7.93. The second kappa shape index (κ2) is 4.34. The number of rotatable bonds is 2. The van der Waals surface area contributed by atoms with E-state index in [2.05, 4.69) is 0 Å². The first-order chi connectivity index (χ1) is 7.33. The van der Waals surface area contributed by atoms with Crippen molar-refractivity contribution in [2.24, 2.45) is 0 Å². The van der Waals surface area contributed by atoms with Gasteiger partial charge >= 0.3 is 0 Å². The highest BCUT2D eigenvalue weighted by molar-refractivity contribution is 5.97. The Balaban J connectivity index is 2.30. The van der Waals surface area contributed by atoms with Gasteiger partial charge in [0.1, 0.15) is 11.6 Å². The van der Waals surface area contributed by atoms with Crippen LogP contribution in [0.15, 0.2) is 24.3 Å². The predicted octanol–water partition coefficient (Wildman–Crippen LogP) is 2.66. The second-order valence-corrected chi connectivity index (χ2v) is 3.73. The van der Waals surface area contributed by atoms with Gasteiger partial charge in [0.05, 0.1) is 12.8 Å². The van der Waals surface area contributed by atoms with Crippen LogP contribution in [0, 0.1) is 5.41 Å². The molecular weight excluding hydrogens is 188 g/mol. The summed E-state index contributed by atoms with van der Waals surface area (Å²) in [7, 11) is 1.67. The highest BCUT2D eigenvalue weighted by Gasteiger charge is 2.18. The molecule has 1 heterocycles. The third kappa shape index (κ3) is 1.96. The molecule has 1 aliphatic heterocycles. The van der Waals surface area contributed by atoms with E-state index in [1.54, 1.807) is 7.11 Å². The molecule has 1 saturated heterocycles. The molecule has 1 aromatic rings. The lowest BCUT2D eigenvalue weighted by atomic mass is 10.1. The minimum Gasteiger partial charge on any atom is -0.495 e. The molecule has 0 unspecified atom stereocenters. The van der Waals surface area contributed by atoms with Crippen molar-refractivity contribution in [3.8, 4) is 5.75 Å². The third-order valence-electron chi connectivity index (χ3n) is 2.75. The van der Waals surface area contributed by atoms with Crippen LogP contribution in [0.4, 0.5) is 5.69 Å². The first-order valence-corrected chi connectivity index (χ1v) is 5.31. The van der Waals surface area contributed by atoms with Crippen LogP contribution in [0.3, 0.4) is 0 Å². The van der Waals surface area contributed by atoms with Crippen LogP contribution in [0.1, 0.15) is 19.3 Å². The number of hydrogen-bond acceptors (Lipinski definition) is 2. The van der Waals surface area contributed by atoms with E-state index in [9.17, 15) is 0 Å². The number of benzene rings is 1. The molecule has 1 aliphatic rings. The van der Waals surface area contributed by atoms with E-state index in [1.165, 1.54) is 0 Å². The molecule has 1 aromatic carbocycles. The largest absolute Gasteiger partial charge is 0.495 e. The van der Waals surface area contributed by atoms with Crippen molar-refractivity contribution in [2.45, 2.75) is 19.3 Å². The van der Waals surface area contributed by atoms with Crippen LogP contribution in [0.25, 0.3) is 0 Å². The van der Waals surface area contributed by atoms with Crippen LogP contribution >= 0.6 is 0 Å². The zero-order valence-corrected chi connectivity index (χ0v) is 8.99. The number of nitrogens with one attached hydrogen (secondary N) is 1. The molecule has 0 saturated carbocycles. The van der Waals surface area contributed by atoms with Gasteiger partial charge in [0, 0.05) is 13.0 Å². The van der Waals surface area contributed by atoms with Crippen molar-refractivity contribution in [3.05, 3.63) is 24.3 Å². The van der Waals surface area contributed by atoms with Crippen LogP contribution in [-0.4, -0.2) is 19.5 Å². The summed E-state index contributed by atoms with van der Waals surface area (Å²) >= 11 is 0. The van der Waals surface area contributed by atoms with E-state index in [-0.39, 0.29) is 0 Å². The molecule has 0 bridgehead atoms. The Hall–Kier alpha value is -1.51. The average Bonchev–Trinajstić information content (AvgIpc) is 2.30. The summed E-state index contributed by atoms with van der Waals surface area (Å²) < 4.78 is 5.31. The van der Waals surface area contributed by atoms with Gasteiger partial charge < -0.3 is 9.64 Å².